The van der Waals surface area contributed by atoms with Crippen molar-refractivity contribution in [2.24, 2.45) is 17.8 Å². The molecule has 0 spiro atoms. The van der Waals surface area contributed by atoms with Gasteiger partial charge in [-0.2, -0.15) is 0 Å². The van der Waals surface area contributed by atoms with Gasteiger partial charge in [0, 0.05) is 0 Å². The minimum atomic E-state index is 0.0791. The number of ether oxygens (including phenoxy) is 1. The Morgan fingerprint density at radius 2 is 1.30 bits per heavy atom. The molecule has 0 radical (unpaired) electrons. The Balaban J connectivity index is 1.68. The lowest BCUT2D eigenvalue weighted by Crippen LogP contribution is -2.29. The van der Waals surface area contributed by atoms with Crippen molar-refractivity contribution in [1.82, 2.24) is 0 Å². The minimum Gasteiger partial charge on any atom is -0.462 e. The Labute approximate surface area is 142 Å². The van der Waals surface area contributed by atoms with Crippen molar-refractivity contribution >= 4 is 5.97 Å². The van der Waals surface area contributed by atoms with E-state index in [1.807, 2.05) is 0 Å². The SMILES string of the molecule is CC/C=C/C1CCC(OC(=O)C2CCC(/C=C/CC)CC2)CC1. The molecule has 0 atom stereocenters. The van der Waals surface area contributed by atoms with Crippen LogP contribution in [0.1, 0.15) is 78.1 Å². The fourth-order valence-electron chi connectivity index (χ4n) is 3.86. The van der Waals surface area contributed by atoms with Crippen LogP contribution in [0.2, 0.25) is 0 Å². The summed E-state index contributed by atoms with van der Waals surface area (Å²) in [6.07, 6.45) is 20.3. The summed E-state index contributed by atoms with van der Waals surface area (Å²) in [5.74, 6) is 1.61. The molecule has 2 rings (SSSR count). The van der Waals surface area contributed by atoms with Crippen molar-refractivity contribution in [1.29, 1.82) is 0 Å². The van der Waals surface area contributed by atoms with Crippen LogP contribution < -0.4 is 0 Å². The zero-order valence-electron chi connectivity index (χ0n) is 15.0. The fourth-order valence-corrected chi connectivity index (χ4v) is 3.86. The van der Waals surface area contributed by atoms with Crippen molar-refractivity contribution in [2.45, 2.75) is 84.2 Å². The highest BCUT2D eigenvalue weighted by molar-refractivity contribution is 5.72. The summed E-state index contributed by atoms with van der Waals surface area (Å²) in [4.78, 5) is 12.4. The lowest BCUT2D eigenvalue weighted by atomic mass is 9.81. The summed E-state index contributed by atoms with van der Waals surface area (Å²) >= 11 is 0. The summed E-state index contributed by atoms with van der Waals surface area (Å²) in [6, 6.07) is 0. The Morgan fingerprint density at radius 1 is 0.826 bits per heavy atom. The largest absolute Gasteiger partial charge is 0.462 e. The van der Waals surface area contributed by atoms with Gasteiger partial charge in [-0.05, 0) is 76.0 Å². The predicted molar refractivity (Wildman–Crippen MR) is 96.1 cm³/mol. The summed E-state index contributed by atoms with van der Waals surface area (Å²) in [5, 5.41) is 0. The maximum atomic E-state index is 12.4. The van der Waals surface area contributed by atoms with Crippen LogP contribution in [-0.2, 0) is 9.53 Å². The van der Waals surface area contributed by atoms with Crippen molar-refractivity contribution in [3.63, 3.8) is 0 Å². The topological polar surface area (TPSA) is 26.3 Å². The quantitative estimate of drug-likeness (QED) is 0.455. The zero-order chi connectivity index (χ0) is 16.5. The summed E-state index contributed by atoms with van der Waals surface area (Å²) in [5.41, 5.74) is 0. The molecule has 2 aliphatic rings. The van der Waals surface area contributed by atoms with Crippen molar-refractivity contribution in [3.8, 4) is 0 Å². The molecule has 130 valence electrons. The van der Waals surface area contributed by atoms with E-state index in [0.29, 0.717) is 11.8 Å². The van der Waals surface area contributed by atoms with Crippen LogP contribution in [-0.4, -0.2) is 12.1 Å². The van der Waals surface area contributed by atoms with E-state index in [1.165, 1.54) is 12.8 Å². The molecule has 0 aromatic rings. The molecule has 23 heavy (non-hydrogen) atoms. The maximum absolute atomic E-state index is 12.4. The lowest BCUT2D eigenvalue weighted by molar-refractivity contribution is -0.157. The minimum absolute atomic E-state index is 0.0791. The van der Waals surface area contributed by atoms with Gasteiger partial charge in [-0.15, -0.1) is 0 Å². The Morgan fingerprint density at radius 3 is 1.78 bits per heavy atom. The smallest absolute Gasteiger partial charge is 0.309 e. The van der Waals surface area contributed by atoms with Gasteiger partial charge in [0.15, 0.2) is 0 Å². The molecule has 0 aromatic heterocycles. The first-order valence-electron chi connectivity index (χ1n) is 9.76. The highest BCUT2D eigenvalue weighted by Crippen LogP contribution is 2.32. The van der Waals surface area contributed by atoms with Gasteiger partial charge >= 0.3 is 5.97 Å². The van der Waals surface area contributed by atoms with Gasteiger partial charge in [0.2, 0.25) is 0 Å². The van der Waals surface area contributed by atoms with E-state index >= 15 is 0 Å². The molecule has 0 aliphatic heterocycles. The van der Waals surface area contributed by atoms with E-state index in [1.54, 1.807) is 0 Å². The van der Waals surface area contributed by atoms with Crippen molar-refractivity contribution in [3.05, 3.63) is 24.3 Å². The number of carbonyl (C=O) groups excluding carboxylic acids is 1. The molecule has 2 aliphatic carbocycles. The molecule has 2 heteroatoms. The first-order chi connectivity index (χ1) is 11.2. The van der Waals surface area contributed by atoms with E-state index in [-0.39, 0.29) is 18.0 Å². The second kappa shape index (κ2) is 9.95. The van der Waals surface area contributed by atoms with Crippen LogP contribution in [0.3, 0.4) is 0 Å². The van der Waals surface area contributed by atoms with E-state index < -0.39 is 0 Å². The second-order valence-electron chi connectivity index (χ2n) is 7.26. The van der Waals surface area contributed by atoms with Crippen LogP contribution in [0, 0.1) is 17.8 Å². The van der Waals surface area contributed by atoms with Gasteiger partial charge in [-0.3, -0.25) is 4.79 Å². The number of carbonyl (C=O) groups is 1. The van der Waals surface area contributed by atoms with E-state index in [2.05, 4.69) is 38.2 Å². The van der Waals surface area contributed by atoms with E-state index in [4.69, 9.17) is 4.74 Å². The van der Waals surface area contributed by atoms with Gasteiger partial charge in [0.1, 0.15) is 6.10 Å². The Kier molecular flexibility index (Phi) is 7.91. The third-order valence-corrected chi connectivity index (χ3v) is 5.39. The molecule has 2 nitrogen and oxygen atoms in total. The van der Waals surface area contributed by atoms with Crippen LogP contribution in [0.5, 0.6) is 0 Å². The Bertz CT molecular complexity index is 394. The molecule has 0 unspecified atom stereocenters. The second-order valence-corrected chi connectivity index (χ2v) is 7.26. The highest BCUT2D eigenvalue weighted by atomic mass is 16.5. The van der Waals surface area contributed by atoms with Gasteiger partial charge in [-0.1, -0.05) is 38.2 Å². The van der Waals surface area contributed by atoms with Gasteiger partial charge in [-0.25, -0.2) is 0 Å². The normalized spacial score (nSPS) is 32.4. The van der Waals surface area contributed by atoms with Gasteiger partial charge < -0.3 is 4.74 Å². The molecular formula is C21H34O2. The number of esters is 1. The molecule has 2 fully saturated rings. The Hall–Kier alpha value is -1.05. The van der Waals surface area contributed by atoms with Crippen LogP contribution in [0.25, 0.3) is 0 Å². The van der Waals surface area contributed by atoms with Crippen LogP contribution in [0.15, 0.2) is 24.3 Å². The molecule has 2 saturated carbocycles. The summed E-state index contributed by atoms with van der Waals surface area (Å²) in [7, 11) is 0. The van der Waals surface area contributed by atoms with Gasteiger partial charge in [0.05, 0.1) is 5.92 Å². The van der Waals surface area contributed by atoms with E-state index in [0.717, 1.165) is 51.4 Å². The first kappa shape index (κ1) is 18.3. The van der Waals surface area contributed by atoms with Crippen molar-refractivity contribution < 1.29 is 9.53 Å². The monoisotopic (exact) mass is 318 g/mol. The number of rotatable bonds is 6. The van der Waals surface area contributed by atoms with Crippen LogP contribution >= 0.6 is 0 Å². The average Bonchev–Trinajstić information content (AvgIpc) is 2.59. The number of hydrogen-bond donors (Lipinski definition) is 0. The third-order valence-electron chi connectivity index (χ3n) is 5.39. The molecular weight excluding hydrogens is 284 g/mol. The van der Waals surface area contributed by atoms with Gasteiger partial charge in [0.25, 0.3) is 0 Å². The average molecular weight is 319 g/mol. The molecule has 0 aromatic carbocycles. The summed E-state index contributed by atoms with van der Waals surface area (Å²) in [6.45, 7) is 4.35. The summed E-state index contributed by atoms with van der Waals surface area (Å²) < 4.78 is 5.82. The molecule has 0 amide bonds. The third kappa shape index (κ3) is 6.16. The van der Waals surface area contributed by atoms with Crippen LogP contribution in [0.4, 0.5) is 0 Å². The zero-order valence-corrected chi connectivity index (χ0v) is 15.0. The first-order valence-corrected chi connectivity index (χ1v) is 9.76. The fraction of sp³-hybridized carbons (Fsp3) is 0.762. The van der Waals surface area contributed by atoms with Crippen molar-refractivity contribution in [2.75, 3.05) is 0 Å². The molecule has 0 heterocycles. The number of allylic oxidation sites excluding steroid dienone is 4. The van der Waals surface area contributed by atoms with E-state index in [9.17, 15) is 4.79 Å². The highest BCUT2D eigenvalue weighted by Gasteiger charge is 2.29. The predicted octanol–water partition coefficient (Wildman–Crippen LogP) is 5.83. The molecule has 0 N–H and O–H groups in total. The molecule has 0 bridgehead atoms. The standard InChI is InChI=1S/C21H34O2/c1-3-5-7-17-9-13-19(14-10-17)21(22)23-20-15-11-18(12-16-20)8-6-4-2/h5-8,17-20H,3-4,9-16H2,1-2H3/b7-5+,8-6+. The lowest BCUT2D eigenvalue weighted by Gasteiger charge is -2.30. The number of hydrogen-bond acceptors (Lipinski definition) is 2. The molecule has 0 saturated heterocycles. The maximum Gasteiger partial charge on any atom is 0.309 e.